The van der Waals surface area contributed by atoms with Crippen LogP contribution in [0.3, 0.4) is 0 Å². The van der Waals surface area contributed by atoms with E-state index in [0.717, 1.165) is 16.4 Å². The van der Waals surface area contributed by atoms with Gasteiger partial charge in [0.05, 0.1) is 22.4 Å². The Morgan fingerprint density at radius 2 is 1.50 bits per heavy atom. The van der Waals surface area contributed by atoms with Crippen molar-refractivity contribution in [3.8, 4) is 0 Å². The molecule has 4 nitrogen and oxygen atoms in total. The first kappa shape index (κ1) is 22.9. The molecule has 2 saturated carbocycles. The SMILES string of the molecule is C=C(NC(=C)N(C1CCCCC1)C1CCCCC1)SC(C(=O)OCC)=C(C)C. The molecule has 2 aliphatic rings. The standard InChI is InChI=1S/C23H38N2O2S/c1-6-27-23(26)22(17(2)3)28-19(5)24-18(4)25(20-13-9-7-10-14-20)21-15-11-8-12-16-21/h20-21,24H,4-16H2,1-3H3. The Balaban J connectivity index is 2.05. The highest BCUT2D eigenvalue weighted by Gasteiger charge is 2.30. The molecule has 0 aromatic carbocycles. The zero-order valence-corrected chi connectivity index (χ0v) is 18.8. The van der Waals surface area contributed by atoms with Gasteiger partial charge in [-0.05, 0) is 46.5 Å². The lowest BCUT2D eigenvalue weighted by atomic mass is 9.88. The van der Waals surface area contributed by atoms with Gasteiger partial charge in [-0.2, -0.15) is 0 Å². The van der Waals surface area contributed by atoms with Gasteiger partial charge in [0.25, 0.3) is 0 Å². The third kappa shape index (κ3) is 6.61. The molecule has 28 heavy (non-hydrogen) atoms. The van der Waals surface area contributed by atoms with Gasteiger partial charge in [-0.15, -0.1) is 0 Å². The Kier molecular flexibility index (Phi) is 9.49. The number of nitrogens with one attached hydrogen (secondary N) is 1. The predicted molar refractivity (Wildman–Crippen MR) is 120 cm³/mol. The summed E-state index contributed by atoms with van der Waals surface area (Å²) in [4.78, 5) is 15.4. The third-order valence-electron chi connectivity index (χ3n) is 5.67. The minimum Gasteiger partial charge on any atom is -0.462 e. The van der Waals surface area contributed by atoms with Crippen molar-refractivity contribution in [2.24, 2.45) is 0 Å². The molecular formula is C23H38N2O2S. The molecule has 1 N–H and O–H groups in total. The molecule has 0 aliphatic heterocycles. The maximum Gasteiger partial charge on any atom is 0.344 e. The van der Waals surface area contributed by atoms with Crippen molar-refractivity contribution in [2.75, 3.05) is 6.61 Å². The van der Waals surface area contributed by atoms with Gasteiger partial charge in [-0.3, -0.25) is 0 Å². The minimum absolute atomic E-state index is 0.280. The van der Waals surface area contributed by atoms with E-state index in [1.165, 1.54) is 76.0 Å². The topological polar surface area (TPSA) is 41.6 Å². The first-order valence-electron chi connectivity index (χ1n) is 10.9. The van der Waals surface area contributed by atoms with Crippen LogP contribution in [0.1, 0.15) is 85.0 Å². The van der Waals surface area contributed by atoms with Crippen LogP contribution < -0.4 is 5.32 Å². The van der Waals surface area contributed by atoms with Gasteiger partial charge < -0.3 is 15.0 Å². The van der Waals surface area contributed by atoms with Crippen molar-refractivity contribution in [1.29, 1.82) is 0 Å². The van der Waals surface area contributed by atoms with E-state index in [2.05, 4.69) is 23.4 Å². The molecule has 0 atom stereocenters. The summed E-state index contributed by atoms with van der Waals surface area (Å²) >= 11 is 1.35. The summed E-state index contributed by atoms with van der Waals surface area (Å²) < 4.78 is 5.19. The number of thioether (sulfide) groups is 1. The maximum atomic E-state index is 12.2. The molecular weight excluding hydrogens is 368 g/mol. The fraction of sp³-hybridized carbons (Fsp3) is 0.696. The first-order valence-corrected chi connectivity index (χ1v) is 11.7. The quantitative estimate of drug-likeness (QED) is 0.371. The molecule has 0 saturated heterocycles. The molecule has 2 fully saturated rings. The minimum atomic E-state index is -0.280. The van der Waals surface area contributed by atoms with E-state index in [4.69, 9.17) is 4.74 Å². The van der Waals surface area contributed by atoms with Crippen LogP contribution in [-0.4, -0.2) is 29.6 Å². The predicted octanol–water partition coefficient (Wildman–Crippen LogP) is 6.08. The van der Waals surface area contributed by atoms with Crippen LogP contribution in [0.5, 0.6) is 0 Å². The molecule has 0 bridgehead atoms. The Morgan fingerprint density at radius 1 is 1.00 bits per heavy atom. The van der Waals surface area contributed by atoms with E-state index in [9.17, 15) is 4.79 Å². The number of rotatable bonds is 9. The summed E-state index contributed by atoms with van der Waals surface area (Å²) in [5, 5.41) is 4.14. The second kappa shape index (κ2) is 11.6. The summed E-state index contributed by atoms with van der Waals surface area (Å²) in [7, 11) is 0. The molecule has 158 valence electrons. The van der Waals surface area contributed by atoms with Crippen molar-refractivity contribution in [1.82, 2.24) is 10.2 Å². The van der Waals surface area contributed by atoms with Crippen molar-refractivity contribution in [2.45, 2.75) is 97.1 Å². The lowest BCUT2D eigenvalue weighted by Crippen LogP contribution is -2.47. The average molecular weight is 407 g/mol. The summed E-state index contributed by atoms with van der Waals surface area (Å²) in [6, 6.07) is 1.14. The number of hydrogen-bond donors (Lipinski definition) is 1. The Labute approximate surface area is 175 Å². The van der Waals surface area contributed by atoms with Crippen LogP contribution in [0.15, 0.2) is 34.5 Å². The molecule has 0 heterocycles. The summed E-state index contributed by atoms with van der Waals surface area (Å²) in [6.07, 6.45) is 12.9. The normalized spacial score (nSPS) is 18.2. The van der Waals surface area contributed by atoms with Crippen molar-refractivity contribution >= 4 is 17.7 Å². The molecule has 0 unspecified atom stereocenters. The van der Waals surface area contributed by atoms with Gasteiger partial charge in [0.1, 0.15) is 0 Å². The molecule has 5 heteroatoms. The average Bonchev–Trinajstić information content (AvgIpc) is 2.68. The molecule has 2 aliphatic carbocycles. The van der Waals surface area contributed by atoms with Crippen LogP contribution in [0.25, 0.3) is 0 Å². The van der Waals surface area contributed by atoms with Crippen LogP contribution in [0, 0.1) is 0 Å². The van der Waals surface area contributed by atoms with E-state index in [0.29, 0.717) is 23.6 Å². The first-order chi connectivity index (χ1) is 13.4. The smallest absolute Gasteiger partial charge is 0.344 e. The fourth-order valence-corrected chi connectivity index (χ4v) is 5.14. The highest BCUT2D eigenvalue weighted by molar-refractivity contribution is 8.07. The van der Waals surface area contributed by atoms with E-state index < -0.39 is 0 Å². The Morgan fingerprint density at radius 3 is 1.93 bits per heavy atom. The van der Waals surface area contributed by atoms with E-state index in [1.54, 1.807) is 0 Å². The molecule has 0 aromatic heterocycles. The molecule has 2 rings (SSSR count). The highest BCUT2D eigenvalue weighted by Crippen LogP contribution is 2.33. The summed E-state index contributed by atoms with van der Waals surface area (Å²) in [5.74, 6) is 0.658. The van der Waals surface area contributed by atoms with Crippen LogP contribution >= 0.6 is 11.8 Å². The Bertz CT molecular complexity index is 565. The number of ether oxygens (including phenoxy) is 1. The second-order valence-corrected chi connectivity index (χ2v) is 9.24. The number of esters is 1. The highest BCUT2D eigenvalue weighted by atomic mass is 32.2. The number of allylic oxidation sites excluding steroid dienone is 1. The summed E-state index contributed by atoms with van der Waals surface area (Å²) in [5.41, 5.74) is 0.938. The molecule has 0 amide bonds. The van der Waals surface area contributed by atoms with Gasteiger partial charge >= 0.3 is 5.97 Å². The second-order valence-electron chi connectivity index (χ2n) is 8.14. The lowest BCUT2D eigenvalue weighted by Gasteiger charge is -2.44. The number of nitrogens with zero attached hydrogens (tertiary/aromatic N) is 1. The van der Waals surface area contributed by atoms with Crippen LogP contribution in [0.4, 0.5) is 0 Å². The zero-order valence-electron chi connectivity index (χ0n) is 18.0. The number of hydrogen-bond acceptors (Lipinski definition) is 5. The van der Waals surface area contributed by atoms with Crippen molar-refractivity contribution < 1.29 is 9.53 Å². The molecule has 0 radical (unpaired) electrons. The Hall–Kier alpha value is -1.36. The third-order valence-corrected chi connectivity index (χ3v) is 6.80. The lowest BCUT2D eigenvalue weighted by molar-refractivity contribution is -0.137. The van der Waals surface area contributed by atoms with Crippen LogP contribution in [-0.2, 0) is 9.53 Å². The zero-order chi connectivity index (χ0) is 20.5. The van der Waals surface area contributed by atoms with Crippen molar-refractivity contribution in [3.63, 3.8) is 0 Å². The number of carbonyl (C=O) groups is 1. The van der Waals surface area contributed by atoms with Crippen molar-refractivity contribution in [3.05, 3.63) is 34.5 Å². The fourth-order valence-electron chi connectivity index (χ4n) is 4.38. The van der Waals surface area contributed by atoms with Gasteiger partial charge in [0, 0.05) is 12.1 Å². The monoisotopic (exact) mass is 406 g/mol. The molecule has 0 spiro atoms. The van der Waals surface area contributed by atoms with Crippen LogP contribution in [0.2, 0.25) is 0 Å². The van der Waals surface area contributed by atoms with Gasteiger partial charge in [-0.25, -0.2) is 4.79 Å². The maximum absolute atomic E-state index is 12.2. The number of carbonyl (C=O) groups excluding carboxylic acids is 1. The van der Waals surface area contributed by atoms with E-state index in [-0.39, 0.29) is 5.97 Å². The van der Waals surface area contributed by atoms with Gasteiger partial charge in [-0.1, -0.05) is 69.0 Å². The van der Waals surface area contributed by atoms with Gasteiger partial charge in [0.15, 0.2) is 0 Å². The summed E-state index contributed by atoms with van der Waals surface area (Å²) in [6.45, 7) is 14.6. The van der Waals surface area contributed by atoms with E-state index in [1.807, 2.05) is 20.8 Å². The van der Waals surface area contributed by atoms with Gasteiger partial charge in [0.2, 0.25) is 0 Å². The molecule has 0 aromatic rings. The van der Waals surface area contributed by atoms with E-state index >= 15 is 0 Å². The largest absolute Gasteiger partial charge is 0.462 e.